The third-order valence-electron chi connectivity index (χ3n) is 4.37. The molecular formula is C21H14F4N2O5S. The molecule has 12 heteroatoms. The molecule has 0 aliphatic rings. The van der Waals surface area contributed by atoms with Gasteiger partial charge in [-0.25, -0.2) is 9.18 Å². The van der Waals surface area contributed by atoms with Gasteiger partial charge in [0.1, 0.15) is 10.7 Å². The number of anilines is 1. The van der Waals surface area contributed by atoms with E-state index < -0.39 is 51.8 Å². The average molecular weight is 482 g/mol. The first-order valence-corrected chi connectivity index (χ1v) is 10.0. The monoisotopic (exact) mass is 482 g/mol. The first-order chi connectivity index (χ1) is 15.5. The molecule has 0 saturated heterocycles. The largest absolute Gasteiger partial charge is 0.448 e. The molecule has 33 heavy (non-hydrogen) atoms. The maximum absolute atomic E-state index is 13.3. The molecule has 1 heterocycles. The van der Waals surface area contributed by atoms with Gasteiger partial charge in [0.2, 0.25) is 0 Å². The second-order valence-corrected chi connectivity index (χ2v) is 7.78. The minimum absolute atomic E-state index is 0.125. The molecule has 0 fully saturated rings. The third kappa shape index (κ3) is 5.71. The van der Waals surface area contributed by atoms with Crippen LogP contribution >= 0.6 is 11.3 Å². The van der Waals surface area contributed by atoms with Crippen molar-refractivity contribution in [3.63, 3.8) is 0 Å². The molecule has 0 radical (unpaired) electrons. The van der Waals surface area contributed by atoms with Gasteiger partial charge in [-0.3, -0.25) is 14.9 Å². The highest BCUT2D eigenvalue weighted by atomic mass is 32.1. The number of alkyl halides is 3. The van der Waals surface area contributed by atoms with E-state index in [4.69, 9.17) is 4.74 Å². The number of amides is 1. The topological polar surface area (TPSA) is 98.5 Å². The van der Waals surface area contributed by atoms with E-state index >= 15 is 0 Å². The molecule has 1 aromatic heterocycles. The quantitative estimate of drug-likeness (QED) is 0.211. The van der Waals surface area contributed by atoms with Crippen LogP contribution in [-0.2, 0) is 15.7 Å². The molecule has 0 saturated carbocycles. The van der Waals surface area contributed by atoms with Crippen LogP contribution in [0.5, 0.6) is 0 Å². The van der Waals surface area contributed by atoms with Crippen LogP contribution in [0.3, 0.4) is 0 Å². The second-order valence-electron chi connectivity index (χ2n) is 6.69. The van der Waals surface area contributed by atoms with Crippen molar-refractivity contribution < 1.29 is 36.8 Å². The molecule has 1 unspecified atom stereocenters. The lowest BCUT2D eigenvalue weighted by atomic mass is 10.1. The van der Waals surface area contributed by atoms with Crippen molar-refractivity contribution in [1.29, 1.82) is 0 Å². The summed E-state index contributed by atoms with van der Waals surface area (Å²) in [6.45, 7) is 1.17. The lowest BCUT2D eigenvalue weighted by Gasteiger charge is -2.16. The lowest BCUT2D eigenvalue weighted by molar-refractivity contribution is -0.385. The SMILES string of the molecule is CC(OC(=O)c1ccc(-c2ccc(F)cc2)s1)C(=O)Nc1ccc([N+](=O)[O-])cc1C(F)(F)F. The Bertz CT molecular complexity index is 1210. The number of benzene rings is 2. The molecule has 3 rings (SSSR count). The van der Waals surface area contributed by atoms with Gasteiger partial charge < -0.3 is 10.1 Å². The number of rotatable bonds is 6. The molecule has 0 aliphatic heterocycles. The van der Waals surface area contributed by atoms with Crippen LogP contribution in [0.25, 0.3) is 10.4 Å². The van der Waals surface area contributed by atoms with E-state index in [9.17, 15) is 37.3 Å². The lowest BCUT2D eigenvalue weighted by Crippen LogP contribution is -2.30. The Morgan fingerprint density at radius 1 is 1.09 bits per heavy atom. The van der Waals surface area contributed by atoms with Crippen LogP contribution in [0.1, 0.15) is 22.2 Å². The van der Waals surface area contributed by atoms with Gasteiger partial charge >= 0.3 is 12.1 Å². The van der Waals surface area contributed by atoms with Gasteiger partial charge in [-0.2, -0.15) is 13.2 Å². The number of hydrogen-bond acceptors (Lipinski definition) is 6. The molecule has 1 N–H and O–H groups in total. The molecule has 0 spiro atoms. The molecule has 1 atom stereocenters. The van der Waals surface area contributed by atoms with Crippen molar-refractivity contribution in [1.82, 2.24) is 0 Å². The van der Waals surface area contributed by atoms with Crippen molar-refractivity contribution >= 4 is 34.6 Å². The Kier molecular flexibility index (Phi) is 6.77. The minimum atomic E-state index is -4.97. The maximum Gasteiger partial charge on any atom is 0.418 e. The summed E-state index contributed by atoms with van der Waals surface area (Å²) in [6, 6.07) is 10.5. The highest BCUT2D eigenvalue weighted by Crippen LogP contribution is 2.37. The first-order valence-electron chi connectivity index (χ1n) is 9.19. The van der Waals surface area contributed by atoms with Gasteiger partial charge in [0, 0.05) is 17.0 Å². The molecular weight excluding hydrogens is 468 g/mol. The zero-order valence-corrected chi connectivity index (χ0v) is 17.5. The summed E-state index contributed by atoms with van der Waals surface area (Å²) in [5.41, 5.74) is -2.26. The standard InChI is InChI=1S/C21H14F4N2O5S/c1-11(19(28)26-16-7-6-14(27(30)31)10-15(16)21(23,24)25)32-20(29)18-9-8-17(33-18)12-2-4-13(22)5-3-12/h2-11H,1H3,(H,26,28). The Labute approximate surface area is 187 Å². The summed E-state index contributed by atoms with van der Waals surface area (Å²) < 4.78 is 57.9. The minimum Gasteiger partial charge on any atom is -0.448 e. The van der Waals surface area contributed by atoms with E-state index in [0.717, 1.165) is 23.5 Å². The summed E-state index contributed by atoms with van der Waals surface area (Å²) in [5, 5.41) is 12.7. The highest BCUT2D eigenvalue weighted by Gasteiger charge is 2.36. The van der Waals surface area contributed by atoms with E-state index in [0.29, 0.717) is 16.5 Å². The van der Waals surface area contributed by atoms with E-state index in [1.54, 1.807) is 6.07 Å². The fraction of sp³-hybridized carbons (Fsp3) is 0.143. The van der Waals surface area contributed by atoms with Gasteiger partial charge in [0.25, 0.3) is 11.6 Å². The fourth-order valence-corrected chi connectivity index (χ4v) is 3.61. The van der Waals surface area contributed by atoms with Crippen LogP contribution in [0.4, 0.5) is 28.9 Å². The third-order valence-corrected chi connectivity index (χ3v) is 5.48. The number of esters is 1. The molecule has 0 bridgehead atoms. The van der Waals surface area contributed by atoms with E-state index in [1.165, 1.54) is 37.3 Å². The van der Waals surface area contributed by atoms with Crippen LogP contribution in [0.15, 0.2) is 54.6 Å². The first kappa shape index (κ1) is 23.9. The number of carbonyl (C=O) groups is 2. The fourth-order valence-electron chi connectivity index (χ4n) is 2.71. The van der Waals surface area contributed by atoms with Crippen LogP contribution in [-0.4, -0.2) is 22.9 Å². The smallest absolute Gasteiger partial charge is 0.418 e. The Morgan fingerprint density at radius 2 is 1.76 bits per heavy atom. The predicted molar refractivity (Wildman–Crippen MR) is 111 cm³/mol. The van der Waals surface area contributed by atoms with E-state index in [-0.39, 0.29) is 4.88 Å². The Morgan fingerprint density at radius 3 is 2.36 bits per heavy atom. The van der Waals surface area contributed by atoms with Crippen LogP contribution in [0.2, 0.25) is 0 Å². The average Bonchev–Trinajstić information content (AvgIpc) is 3.24. The normalized spacial score (nSPS) is 12.2. The molecule has 0 aliphatic carbocycles. The number of non-ortho nitro benzene ring substituents is 1. The summed E-state index contributed by atoms with van der Waals surface area (Å²) in [4.78, 5) is 35.2. The number of nitro benzene ring substituents is 1. The summed E-state index contributed by atoms with van der Waals surface area (Å²) in [5.74, 6) is -2.36. The summed E-state index contributed by atoms with van der Waals surface area (Å²) in [7, 11) is 0. The van der Waals surface area contributed by atoms with Crippen LogP contribution < -0.4 is 5.32 Å². The van der Waals surface area contributed by atoms with Crippen molar-refractivity contribution in [3.05, 3.63) is 81.0 Å². The number of nitrogens with zero attached hydrogens (tertiary/aromatic N) is 1. The van der Waals surface area contributed by atoms with Crippen molar-refractivity contribution in [2.24, 2.45) is 0 Å². The predicted octanol–water partition coefficient (Wildman–Crippen LogP) is 5.67. The van der Waals surface area contributed by atoms with Crippen molar-refractivity contribution in [2.75, 3.05) is 5.32 Å². The van der Waals surface area contributed by atoms with Crippen molar-refractivity contribution in [3.8, 4) is 10.4 Å². The number of nitrogens with one attached hydrogen (secondary N) is 1. The van der Waals surface area contributed by atoms with Gasteiger partial charge in [0.15, 0.2) is 6.10 Å². The number of carbonyl (C=O) groups excluding carboxylic acids is 2. The zero-order valence-electron chi connectivity index (χ0n) is 16.7. The Hall–Kier alpha value is -3.80. The number of ether oxygens (including phenoxy) is 1. The molecule has 7 nitrogen and oxygen atoms in total. The number of nitro groups is 1. The second kappa shape index (κ2) is 9.36. The Balaban J connectivity index is 1.71. The molecule has 172 valence electrons. The zero-order chi connectivity index (χ0) is 24.3. The molecule has 3 aromatic rings. The van der Waals surface area contributed by atoms with Crippen LogP contribution in [0, 0.1) is 15.9 Å². The van der Waals surface area contributed by atoms with Gasteiger partial charge in [-0.05, 0) is 42.8 Å². The van der Waals surface area contributed by atoms with Gasteiger partial charge in [-0.1, -0.05) is 12.1 Å². The number of hydrogen-bond donors (Lipinski definition) is 1. The van der Waals surface area contributed by atoms with E-state index in [1.807, 2.05) is 5.32 Å². The summed E-state index contributed by atoms with van der Waals surface area (Å²) >= 11 is 1.03. The summed E-state index contributed by atoms with van der Waals surface area (Å²) in [6.07, 6.45) is -6.44. The number of halogens is 4. The van der Waals surface area contributed by atoms with E-state index in [2.05, 4.69) is 0 Å². The highest BCUT2D eigenvalue weighted by molar-refractivity contribution is 7.17. The molecule has 1 amide bonds. The number of thiophene rings is 1. The van der Waals surface area contributed by atoms with Gasteiger partial charge in [0.05, 0.1) is 16.2 Å². The maximum atomic E-state index is 13.3. The molecule has 2 aromatic carbocycles. The van der Waals surface area contributed by atoms with Gasteiger partial charge in [-0.15, -0.1) is 11.3 Å². The van der Waals surface area contributed by atoms with Crippen molar-refractivity contribution in [2.45, 2.75) is 19.2 Å².